The van der Waals surface area contributed by atoms with E-state index in [1.165, 1.54) is 24.3 Å². The Labute approximate surface area is 193 Å². The summed E-state index contributed by atoms with van der Waals surface area (Å²) < 4.78 is 73.3. The second kappa shape index (κ2) is 8.78. The van der Waals surface area contributed by atoms with Gasteiger partial charge < -0.3 is 4.74 Å². The van der Waals surface area contributed by atoms with Gasteiger partial charge in [-0.05, 0) is 62.4 Å². The normalized spacial score (nSPS) is 11.9. The fourth-order valence-electron chi connectivity index (χ4n) is 2.99. The molecule has 0 saturated heterocycles. The fourth-order valence-corrected chi connectivity index (χ4v) is 4.10. The number of imidazole rings is 1. The standard InChI is InChI=1S/C22H18F3N5O3S/c1-14-15(2)30(13-26-14)20-10-11-21(28-27-20)33-18-8-6-17(7-9-18)29-34(31,32)19-5-3-4-16(12-19)22(23,24)25/h3-13,29H,1-2H3. The second-order valence-corrected chi connectivity index (χ2v) is 8.96. The first-order valence-corrected chi connectivity index (χ1v) is 11.3. The van der Waals surface area contributed by atoms with E-state index < -0.39 is 26.7 Å². The van der Waals surface area contributed by atoms with Crippen LogP contribution in [0.3, 0.4) is 0 Å². The molecule has 8 nitrogen and oxygen atoms in total. The molecule has 0 saturated carbocycles. The van der Waals surface area contributed by atoms with Gasteiger partial charge in [0.15, 0.2) is 5.82 Å². The highest BCUT2D eigenvalue weighted by Gasteiger charge is 2.31. The molecule has 176 valence electrons. The Bertz CT molecular complexity index is 1420. The van der Waals surface area contributed by atoms with Gasteiger partial charge in [-0.25, -0.2) is 13.4 Å². The van der Waals surface area contributed by atoms with Crippen molar-refractivity contribution in [3.8, 4) is 17.4 Å². The number of hydrogen-bond acceptors (Lipinski definition) is 6. The fraction of sp³-hybridized carbons (Fsp3) is 0.136. The molecule has 0 bridgehead atoms. The number of ether oxygens (including phenoxy) is 1. The van der Waals surface area contributed by atoms with Crippen LogP contribution in [-0.2, 0) is 16.2 Å². The topological polar surface area (TPSA) is 99.0 Å². The van der Waals surface area contributed by atoms with Crippen molar-refractivity contribution in [1.82, 2.24) is 19.7 Å². The molecule has 0 radical (unpaired) electrons. The molecule has 0 aliphatic rings. The van der Waals surface area contributed by atoms with Crippen molar-refractivity contribution in [3.05, 3.63) is 83.9 Å². The Morgan fingerprint density at radius 1 is 0.971 bits per heavy atom. The van der Waals surface area contributed by atoms with E-state index in [9.17, 15) is 21.6 Å². The van der Waals surface area contributed by atoms with E-state index in [0.717, 1.165) is 29.6 Å². The number of nitrogens with one attached hydrogen (secondary N) is 1. The van der Waals surface area contributed by atoms with Gasteiger partial charge in [-0.3, -0.25) is 9.29 Å². The number of sulfonamides is 1. The molecular formula is C22H18F3N5O3S. The van der Waals surface area contributed by atoms with Gasteiger partial charge >= 0.3 is 6.18 Å². The zero-order chi connectivity index (χ0) is 24.5. The molecule has 0 aliphatic heterocycles. The molecule has 0 fully saturated rings. The van der Waals surface area contributed by atoms with Crippen molar-refractivity contribution in [1.29, 1.82) is 0 Å². The highest BCUT2D eigenvalue weighted by molar-refractivity contribution is 7.92. The van der Waals surface area contributed by atoms with Crippen LogP contribution in [0.1, 0.15) is 17.0 Å². The summed E-state index contributed by atoms with van der Waals surface area (Å²) in [4.78, 5) is 3.72. The molecule has 4 rings (SSSR count). The van der Waals surface area contributed by atoms with E-state index in [0.29, 0.717) is 17.6 Å². The summed E-state index contributed by atoms with van der Waals surface area (Å²) >= 11 is 0. The summed E-state index contributed by atoms with van der Waals surface area (Å²) in [6, 6.07) is 12.7. The van der Waals surface area contributed by atoms with Gasteiger partial charge in [0.25, 0.3) is 10.0 Å². The molecule has 34 heavy (non-hydrogen) atoms. The van der Waals surface area contributed by atoms with E-state index in [1.807, 2.05) is 13.8 Å². The van der Waals surface area contributed by atoms with Crippen LogP contribution in [0.5, 0.6) is 11.6 Å². The molecular weight excluding hydrogens is 471 g/mol. The lowest BCUT2D eigenvalue weighted by Gasteiger charge is -2.11. The van der Waals surface area contributed by atoms with Crippen LogP contribution < -0.4 is 9.46 Å². The second-order valence-electron chi connectivity index (χ2n) is 7.27. The molecule has 2 heterocycles. The monoisotopic (exact) mass is 489 g/mol. The maximum Gasteiger partial charge on any atom is 0.416 e. The van der Waals surface area contributed by atoms with Gasteiger partial charge in [-0.15, -0.1) is 10.2 Å². The molecule has 0 aliphatic carbocycles. The number of aromatic nitrogens is 4. The molecule has 0 unspecified atom stereocenters. The van der Waals surface area contributed by atoms with Gasteiger partial charge in [-0.2, -0.15) is 13.2 Å². The lowest BCUT2D eigenvalue weighted by Crippen LogP contribution is -2.14. The average molecular weight is 489 g/mol. The van der Waals surface area contributed by atoms with Gasteiger partial charge in [0.1, 0.15) is 12.1 Å². The number of nitrogens with zero attached hydrogens (tertiary/aromatic N) is 4. The Hall–Kier alpha value is -3.93. The number of alkyl halides is 3. The number of hydrogen-bond donors (Lipinski definition) is 1. The lowest BCUT2D eigenvalue weighted by molar-refractivity contribution is -0.137. The molecule has 2 aromatic heterocycles. The maximum absolute atomic E-state index is 12.9. The molecule has 4 aromatic rings. The summed E-state index contributed by atoms with van der Waals surface area (Å²) in [5, 5.41) is 8.15. The number of rotatable bonds is 6. The molecule has 0 spiro atoms. The smallest absolute Gasteiger partial charge is 0.416 e. The predicted molar refractivity (Wildman–Crippen MR) is 117 cm³/mol. The lowest BCUT2D eigenvalue weighted by atomic mass is 10.2. The molecule has 0 amide bonds. The van der Waals surface area contributed by atoms with Crippen molar-refractivity contribution in [2.24, 2.45) is 0 Å². The Morgan fingerprint density at radius 3 is 2.29 bits per heavy atom. The quantitative estimate of drug-likeness (QED) is 0.414. The number of halogens is 3. The average Bonchev–Trinajstić information content (AvgIpc) is 3.13. The first-order chi connectivity index (χ1) is 16.0. The van der Waals surface area contributed by atoms with Crippen molar-refractivity contribution in [2.45, 2.75) is 24.9 Å². The number of aryl methyl sites for hydroxylation is 1. The summed E-state index contributed by atoms with van der Waals surface area (Å²) in [6.07, 6.45) is -3.00. The van der Waals surface area contributed by atoms with Crippen molar-refractivity contribution >= 4 is 15.7 Å². The third kappa shape index (κ3) is 5.01. The highest BCUT2D eigenvalue weighted by Crippen LogP contribution is 2.31. The van der Waals surface area contributed by atoms with Crippen molar-refractivity contribution in [2.75, 3.05) is 4.72 Å². The first-order valence-electron chi connectivity index (χ1n) is 9.85. The van der Waals surface area contributed by atoms with E-state index in [4.69, 9.17) is 4.74 Å². The van der Waals surface area contributed by atoms with Gasteiger partial charge in [0, 0.05) is 17.4 Å². The van der Waals surface area contributed by atoms with Crippen molar-refractivity contribution in [3.63, 3.8) is 0 Å². The zero-order valence-electron chi connectivity index (χ0n) is 17.9. The third-order valence-corrected chi connectivity index (χ3v) is 6.30. The van der Waals surface area contributed by atoms with Gasteiger partial charge in [0.2, 0.25) is 5.88 Å². The first kappa shape index (κ1) is 23.2. The Balaban J connectivity index is 1.45. The highest BCUT2D eigenvalue weighted by atomic mass is 32.2. The van der Waals surface area contributed by atoms with E-state index >= 15 is 0 Å². The molecule has 0 atom stereocenters. The minimum atomic E-state index is -4.65. The minimum Gasteiger partial charge on any atom is -0.438 e. The number of benzene rings is 2. The summed E-state index contributed by atoms with van der Waals surface area (Å²) in [7, 11) is -4.22. The zero-order valence-corrected chi connectivity index (χ0v) is 18.7. The van der Waals surface area contributed by atoms with Crippen LogP contribution in [0.15, 0.2) is 71.9 Å². The van der Waals surface area contributed by atoms with Crippen LogP contribution in [0.4, 0.5) is 18.9 Å². The molecule has 1 N–H and O–H groups in total. The predicted octanol–water partition coefficient (Wildman–Crippen LogP) is 4.89. The van der Waals surface area contributed by atoms with Gasteiger partial charge in [0.05, 0.1) is 16.2 Å². The van der Waals surface area contributed by atoms with Crippen LogP contribution in [0.25, 0.3) is 5.82 Å². The SMILES string of the molecule is Cc1ncn(-c2ccc(Oc3ccc(NS(=O)(=O)c4cccc(C(F)(F)F)c4)cc3)nn2)c1C. The third-order valence-electron chi connectivity index (χ3n) is 4.93. The van der Waals surface area contributed by atoms with Crippen LogP contribution in [0.2, 0.25) is 0 Å². The summed E-state index contributed by atoms with van der Waals surface area (Å²) in [5.74, 6) is 1.15. The molecule has 12 heteroatoms. The Morgan fingerprint density at radius 2 is 1.71 bits per heavy atom. The minimum absolute atomic E-state index is 0.150. The Kier molecular flexibility index (Phi) is 6.00. The van der Waals surface area contributed by atoms with Crippen LogP contribution >= 0.6 is 0 Å². The van der Waals surface area contributed by atoms with E-state index in [2.05, 4.69) is 19.9 Å². The molecule has 2 aromatic carbocycles. The summed E-state index contributed by atoms with van der Waals surface area (Å²) in [6.45, 7) is 3.80. The largest absolute Gasteiger partial charge is 0.438 e. The van der Waals surface area contributed by atoms with Crippen molar-refractivity contribution < 1.29 is 26.3 Å². The van der Waals surface area contributed by atoms with Gasteiger partial charge in [-0.1, -0.05) is 6.07 Å². The number of anilines is 1. The van der Waals surface area contributed by atoms with E-state index in [1.54, 1.807) is 23.0 Å². The van der Waals surface area contributed by atoms with Crippen LogP contribution in [0, 0.1) is 13.8 Å². The van der Waals surface area contributed by atoms with Crippen LogP contribution in [-0.4, -0.2) is 28.2 Å². The van der Waals surface area contributed by atoms with E-state index in [-0.39, 0.29) is 11.6 Å². The summed E-state index contributed by atoms with van der Waals surface area (Å²) in [5.41, 5.74) is 0.916. The maximum atomic E-state index is 12.9.